The molecule has 1 atom stereocenters. The lowest BCUT2D eigenvalue weighted by Crippen LogP contribution is -2.36. The van der Waals surface area contributed by atoms with Crippen molar-refractivity contribution in [2.45, 2.75) is 26.3 Å². The van der Waals surface area contributed by atoms with Crippen LogP contribution in [-0.2, 0) is 4.74 Å². The van der Waals surface area contributed by atoms with Crippen molar-refractivity contribution in [2.75, 3.05) is 47.4 Å². The number of nitrogens with zero attached hydrogens (tertiary/aromatic N) is 2. The van der Waals surface area contributed by atoms with Crippen molar-refractivity contribution in [2.24, 2.45) is 0 Å². The van der Waals surface area contributed by atoms with Gasteiger partial charge in [-0.15, -0.1) is 0 Å². The first-order valence-corrected chi connectivity index (χ1v) is 5.49. The smallest absolute Gasteiger partial charge is 0.0589 e. The maximum Gasteiger partial charge on any atom is 0.0589 e. The van der Waals surface area contributed by atoms with Crippen LogP contribution in [-0.4, -0.2) is 63.3 Å². The Morgan fingerprint density at radius 3 is 2.29 bits per heavy atom. The molecule has 0 aromatic carbocycles. The standard InChI is InChI=1S/C11H26N2O/c1-6-11(2)13(4)8-7-12(3)9-10-14-5/h11H,6-10H2,1-5H3. The topological polar surface area (TPSA) is 15.7 Å². The first-order valence-electron chi connectivity index (χ1n) is 5.49. The fourth-order valence-corrected chi connectivity index (χ4v) is 1.22. The van der Waals surface area contributed by atoms with Gasteiger partial charge in [-0.05, 0) is 27.4 Å². The highest BCUT2D eigenvalue weighted by atomic mass is 16.5. The molecule has 3 nitrogen and oxygen atoms in total. The predicted molar refractivity (Wildman–Crippen MR) is 61.8 cm³/mol. The van der Waals surface area contributed by atoms with Crippen LogP contribution < -0.4 is 0 Å². The molecular weight excluding hydrogens is 176 g/mol. The van der Waals surface area contributed by atoms with Gasteiger partial charge in [0.2, 0.25) is 0 Å². The summed E-state index contributed by atoms with van der Waals surface area (Å²) in [6.45, 7) is 8.60. The molecule has 0 rings (SSSR count). The minimum Gasteiger partial charge on any atom is -0.383 e. The Kier molecular flexibility index (Phi) is 8.14. The molecule has 0 N–H and O–H groups in total. The van der Waals surface area contributed by atoms with Crippen LogP contribution in [0.4, 0.5) is 0 Å². The van der Waals surface area contributed by atoms with Gasteiger partial charge in [-0.25, -0.2) is 0 Å². The Labute approximate surface area is 89.0 Å². The third kappa shape index (κ3) is 6.35. The molecule has 0 aliphatic heterocycles. The monoisotopic (exact) mass is 202 g/mol. The molecule has 0 fully saturated rings. The van der Waals surface area contributed by atoms with E-state index in [1.165, 1.54) is 6.42 Å². The van der Waals surface area contributed by atoms with Crippen LogP contribution >= 0.6 is 0 Å². The summed E-state index contributed by atoms with van der Waals surface area (Å²) in [5.41, 5.74) is 0. The van der Waals surface area contributed by atoms with Crippen LogP contribution in [0.3, 0.4) is 0 Å². The summed E-state index contributed by atoms with van der Waals surface area (Å²) in [4.78, 5) is 4.71. The van der Waals surface area contributed by atoms with E-state index < -0.39 is 0 Å². The SMILES string of the molecule is CCC(C)N(C)CCN(C)CCOC. The summed E-state index contributed by atoms with van der Waals surface area (Å²) in [6.07, 6.45) is 1.22. The fourth-order valence-electron chi connectivity index (χ4n) is 1.22. The van der Waals surface area contributed by atoms with Crippen molar-refractivity contribution in [3.63, 3.8) is 0 Å². The molecular formula is C11H26N2O. The molecule has 0 amide bonds. The summed E-state index contributed by atoms with van der Waals surface area (Å²) in [5, 5.41) is 0. The van der Waals surface area contributed by atoms with Crippen LogP contribution in [0.25, 0.3) is 0 Å². The number of likely N-dealkylation sites (N-methyl/N-ethyl adjacent to an activating group) is 2. The molecule has 1 unspecified atom stereocenters. The van der Waals surface area contributed by atoms with Crippen LogP contribution in [0.1, 0.15) is 20.3 Å². The van der Waals surface area contributed by atoms with Crippen LogP contribution in [0.5, 0.6) is 0 Å². The lowest BCUT2D eigenvalue weighted by molar-refractivity contribution is 0.148. The van der Waals surface area contributed by atoms with Gasteiger partial charge >= 0.3 is 0 Å². The van der Waals surface area contributed by atoms with Crippen molar-refractivity contribution < 1.29 is 4.74 Å². The molecule has 0 aromatic rings. The highest BCUT2D eigenvalue weighted by molar-refractivity contribution is 4.62. The number of methoxy groups -OCH3 is 1. The predicted octanol–water partition coefficient (Wildman–Crippen LogP) is 1.29. The summed E-state index contributed by atoms with van der Waals surface area (Å²) in [6, 6.07) is 0.686. The van der Waals surface area contributed by atoms with Gasteiger partial charge in [0.15, 0.2) is 0 Å². The van der Waals surface area contributed by atoms with Gasteiger partial charge in [0.05, 0.1) is 6.61 Å². The zero-order valence-electron chi connectivity index (χ0n) is 10.4. The third-order valence-electron chi connectivity index (χ3n) is 2.85. The van der Waals surface area contributed by atoms with Gasteiger partial charge in [0, 0.05) is 32.8 Å². The molecule has 0 saturated carbocycles. The Balaban J connectivity index is 3.50. The second kappa shape index (κ2) is 8.21. The Bertz CT molecular complexity index is 130. The molecule has 3 heteroatoms. The minimum absolute atomic E-state index is 0.686. The summed E-state index contributed by atoms with van der Waals surface area (Å²) >= 11 is 0. The van der Waals surface area contributed by atoms with E-state index in [1.807, 2.05) is 0 Å². The van der Waals surface area contributed by atoms with E-state index in [0.29, 0.717) is 6.04 Å². The van der Waals surface area contributed by atoms with E-state index in [2.05, 4.69) is 37.7 Å². The Morgan fingerprint density at radius 1 is 1.14 bits per heavy atom. The van der Waals surface area contributed by atoms with E-state index in [-0.39, 0.29) is 0 Å². The Morgan fingerprint density at radius 2 is 1.79 bits per heavy atom. The van der Waals surface area contributed by atoms with Crippen LogP contribution in [0.15, 0.2) is 0 Å². The largest absolute Gasteiger partial charge is 0.383 e. The zero-order chi connectivity index (χ0) is 11.0. The molecule has 0 radical (unpaired) electrons. The van der Waals surface area contributed by atoms with E-state index in [0.717, 1.165) is 26.2 Å². The van der Waals surface area contributed by atoms with E-state index in [9.17, 15) is 0 Å². The van der Waals surface area contributed by atoms with Gasteiger partial charge in [-0.2, -0.15) is 0 Å². The van der Waals surface area contributed by atoms with Gasteiger partial charge in [-0.3, -0.25) is 0 Å². The number of rotatable bonds is 8. The molecule has 14 heavy (non-hydrogen) atoms. The molecule has 0 saturated heterocycles. The van der Waals surface area contributed by atoms with Gasteiger partial charge < -0.3 is 14.5 Å². The van der Waals surface area contributed by atoms with Gasteiger partial charge in [0.25, 0.3) is 0 Å². The lowest BCUT2D eigenvalue weighted by atomic mass is 10.2. The van der Waals surface area contributed by atoms with E-state index >= 15 is 0 Å². The number of hydrogen-bond acceptors (Lipinski definition) is 3. The first kappa shape index (κ1) is 13.9. The molecule has 0 aliphatic rings. The van der Waals surface area contributed by atoms with Crippen molar-refractivity contribution in [3.05, 3.63) is 0 Å². The highest BCUT2D eigenvalue weighted by Crippen LogP contribution is 1.99. The van der Waals surface area contributed by atoms with Crippen molar-refractivity contribution in [1.82, 2.24) is 9.80 Å². The van der Waals surface area contributed by atoms with E-state index in [1.54, 1.807) is 7.11 Å². The molecule has 0 aromatic heterocycles. The first-order chi connectivity index (χ1) is 6.61. The van der Waals surface area contributed by atoms with Gasteiger partial charge in [0.1, 0.15) is 0 Å². The zero-order valence-corrected chi connectivity index (χ0v) is 10.4. The molecule has 0 heterocycles. The maximum atomic E-state index is 5.03. The quantitative estimate of drug-likeness (QED) is 0.590. The second-order valence-corrected chi connectivity index (χ2v) is 4.03. The second-order valence-electron chi connectivity index (χ2n) is 4.03. The maximum absolute atomic E-state index is 5.03. The lowest BCUT2D eigenvalue weighted by Gasteiger charge is -2.26. The Hall–Kier alpha value is -0.120. The fraction of sp³-hybridized carbons (Fsp3) is 1.00. The van der Waals surface area contributed by atoms with Crippen molar-refractivity contribution in [3.8, 4) is 0 Å². The third-order valence-corrected chi connectivity index (χ3v) is 2.85. The molecule has 0 spiro atoms. The van der Waals surface area contributed by atoms with Gasteiger partial charge in [-0.1, -0.05) is 6.92 Å². The average molecular weight is 202 g/mol. The molecule has 0 aliphatic carbocycles. The van der Waals surface area contributed by atoms with Crippen molar-refractivity contribution >= 4 is 0 Å². The summed E-state index contributed by atoms with van der Waals surface area (Å²) in [5.74, 6) is 0. The number of ether oxygens (including phenoxy) is 1. The van der Waals surface area contributed by atoms with E-state index in [4.69, 9.17) is 4.74 Å². The summed E-state index contributed by atoms with van der Waals surface area (Å²) in [7, 11) is 6.08. The van der Waals surface area contributed by atoms with Crippen molar-refractivity contribution in [1.29, 1.82) is 0 Å². The van der Waals surface area contributed by atoms with Crippen LogP contribution in [0.2, 0.25) is 0 Å². The normalized spacial score (nSPS) is 13.9. The summed E-state index contributed by atoms with van der Waals surface area (Å²) < 4.78 is 5.03. The molecule has 0 bridgehead atoms. The number of hydrogen-bond donors (Lipinski definition) is 0. The minimum atomic E-state index is 0.686. The van der Waals surface area contributed by atoms with Crippen LogP contribution in [0, 0.1) is 0 Å². The highest BCUT2D eigenvalue weighted by Gasteiger charge is 2.07. The molecule has 86 valence electrons. The average Bonchev–Trinajstić information content (AvgIpc) is 2.21.